The van der Waals surface area contributed by atoms with E-state index >= 15 is 0 Å². The maximum absolute atomic E-state index is 12.8. The van der Waals surface area contributed by atoms with Gasteiger partial charge in [0.05, 0.1) is 35.9 Å². The maximum Gasteiger partial charge on any atom is 0.238 e. The molecule has 2 N–H and O–H groups in total. The average Bonchev–Trinajstić information content (AvgIpc) is 3.11. The van der Waals surface area contributed by atoms with Gasteiger partial charge in [0.15, 0.2) is 22.4 Å². The van der Waals surface area contributed by atoms with Crippen LogP contribution in [0.5, 0.6) is 11.5 Å². The van der Waals surface area contributed by atoms with E-state index in [1.54, 1.807) is 24.3 Å². The number of hydrogen-bond acceptors (Lipinski definition) is 7. The zero-order valence-electron chi connectivity index (χ0n) is 17.6. The van der Waals surface area contributed by atoms with Crippen molar-refractivity contribution in [3.63, 3.8) is 0 Å². The highest BCUT2D eigenvalue weighted by Crippen LogP contribution is 2.30. The lowest BCUT2D eigenvalue weighted by Crippen LogP contribution is -2.12. The number of rotatable bonds is 10. The first-order valence-corrected chi connectivity index (χ1v) is 12.2. The zero-order valence-corrected chi connectivity index (χ0v) is 19.3. The molecule has 0 bridgehead atoms. The number of ketones is 1. The maximum atomic E-state index is 12.8. The number of thioether (sulfide) groups is 1. The van der Waals surface area contributed by atoms with Crippen molar-refractivity contribution < 1.29 is 22.7 Å². The number of sulfonamides is 1. The Morgan fingerprint density at radius 1 is 1.13 bits per heavy atom. The number of imidazole rings is 1. The topological polar surface area (TPSA) is 114 Å². The number of nitrogens with zero attached hydrogens (tertiary/aromatic N) is 2. The smallest absolute Gasteiger partial charge is 0.238 e. The van der Waals surface area contributed by atoms with Crippen molar-refractivity contribution in [2.75, 3.05) is 20.0 Å². The number of methoxy groups -OCH3 is 2. The molecule has 1 aromatic heterocycles. The first kappa shape index (κ1) is 23.1. The van der Waals surface area contributed by atoms with Crippen molar-refractivity contribution in [1.82, 2.24) is 9.55 Å². The second kappa shape index (κ2) is 9.71. The Kier molecular flexibility index (Phi) is 7.24. The third kappa shape index (κ3) is 5.20. The summed E-state index contributed by atoms with van der Waals surface area (Å²) in [5.41, 5.74) is 1.85. The number of unbranched alkanes of at least 4 members (excludes halogenated alkanes) is 1. The van der Waals surface area contributed by atoms with Crippen LogP contribution >= 0.6 is 11.8 Å². The summed E-state index contributed by atoms with van der Waals surface area (Å²) in [5, 5.41) is 5.94. The number of carbonyl (C=O) groups excluding carboxylic acids is 1. The molecule has 0 aliphatic heterocycles. The highest BCUT2D eigenvalue weighted by atomic mass is 32.2. The lowest BCUT2D eigenvalue weighted by atomic mass is 10.1. The molecule has 31 heavy (non-hydrogen) atoms. The number of nitrogens with two attached hydrogens (primary N) is 1. The molecule has 0 radical (unpaired) electrons. The Morgan fingerprint density at radius 2 is 1.87 bits per heavy atom. The number of primary sulfonamides is 1. The molecule has 1 heterocycles. The Balaban J connectivity index is 1.89. The van der Waals surface area contributed by atoms with Crippen molar-refractivity contribution in [3.05, 3.63) is 42.0 Å². The minimum atomic E-state index is -3.82. The fourth-order valence-electron chi connectivity index (χ4n) is 3.12. The van der Waals surface area contributed by atoms with Gasteiger partial charge in [-0.05, 0) is 42.8 Å². The van der Waals surface area contributed by atoms with Crippen LogP contribution in [-0.2, 0) is 16.6 Å². The molecule has 166 valence electrons. The van der Waals surface area contributed by atoms with E-state index in [4.69, 9.17) is 14.6 Å². The fourth-order valence-corrected chi connectivity index (χ4v) is 4.59. The summed E-state index contributed by atoms with van der Waals surface area (Å²) < 4.78 is 35.9. The SMILES string of the molecule is CCCCn1c(SCC(=O)c2ccc(OC)c(OC)c2)nc2ccc(S(N)(=O)=O)cc21. The van der Waals surface area contributed by atoms with Crippen LogP contribution in [0.3, 0.4) is 0 Å². The van der Waals surface area contributed by atoms with Gasteiger partial charge in [-0.25, -0.2) is 18.5 Å². The van der Waals surface area contributed by atoms with Gasteiger partial charge in [-0.3, -0.25) is 4.79 Å². The zero-order chi connectivity index (χ0) is 22.6. The molecule has 0 amide bonds. The summed E-state index contributed by atoms with van der Waals surface area (Å²) in [6.45, 7) is 2.73. The highest BCUT2D eigenvalue weighted by Gasteiger charge is 2.17. The Morgan fingerprint density at radius 3 is 2.52 bits per heavy atom. The molecule has 3 aromatic rings. The van der Waals surface area contributed by atoms with Crippen LogP contribution in [-0.4, -0.2) is 43.7 Å². The molecule has 0 atom stereocenters. The van der Waals surface area contributed by atoms with Crippen LogP contribution in [0.1, 0.15) is 30.1 Å². The number of ether oxygens (including phenoxy) is 2. The van der Waals surface area contributed by atoms with Gasteiger partial charge < -0.3 is 14.0 Å². The fraction of sp³-hybridized carbons (Fsp3) is 0.333. The van der Waals surface area contributed by atoms with Crippen LogP contribution in [0.25, 0.3) is 11.0 Å². The van der Waals surface area contributed by atoms with Gasteiger partial charge in [0.2, 0.25) is 10.0 Å². The van der Waals surface area contributed by atoms with Gasteiger partial charge >= 0.3 is 0 Å². The Labute approximate surface area is 185 Å². The van der Waals surface area contributed by atoms with Crippen molar-refractivity contribution in [2.24, 2.45) is 5.14 Å². The van der Waals surface area contributed by atoms with E-state index in [-0.39, 0.29) is 16.4 Å². The minimum Gasteiger partial charge on any atom is -0.493 e. The van der Waals surface area contributed by atoms with E-state index in [0.29, 0.717) is 39.8 Å². The number of Topliss-reactive ketones (excluding diaryl/α,β-unsaturated/α-hetero) is 1. The van der Waals surface area contributed by atoms with Gasteiger partial charge in [0.25, 0.3) is 0 Å². The number of carbonyl (C=O) groups is 1. The number of aromatic nitrogens is 2. The van der Waals surface area contributed by atoms with E-state index in [0.717, 1.165) is 12.8 Å². The molecule has 0 saturated heterocycles. The molecular formula is C21H25N3O5S2. The van der Waals surface area contributed by atoms with E-state index in [9.17, 15) is 13.2 Å². The lowest BCUT2D eigenvalue weighted by Gasteiger charge is -2.10. The molecule has 0 saturated carbocycles. The second-order valence-electron chi connectivity index (χ2n) is 6.88. The second-order valence-corrected chi connectivity index (χ2v) is 9.38. The first-order chi connectivity index (χ1) is 14.8. The number of aryl methyl sites for hydroxylation is 1. The van der Waals surface area contributed by atoms with E-state index < -0.39 is 10.0 Å². The summed E-state index contributed by atoms with van der Waals surface area (Å²) in [6, 6.07) is 9.66. The third-order valence-electron chi connectivity index (χ3n) is 4.79. The van der Waals surface area contributed by atoms with Crippen LogP contribution < -0.4 is 14.6 Å². The minimum absolute atomic E-state index is 0.0376. The molecular weight excluding hydrogens is 438 g/mol. The lowest BCUT2D eigenvalue weighted by molar-refractivity contribution is 0.102. The van der Waals surface area contributed by atoms with Crippen LogP contribution in [0.2, 0.25) is 0 Å². The van der Waals surface area contributed by atoms with Gasteiger partial charge in [-0.1, -0.05) is 25.1 Å². The van der Waals surface area contributed by atoms with Crippen molar-refractivity contribution in [3.8, 4) is 11.5 Å². The normalized spacial score (nSPS) is 11.6. The summed E-state index contributed by atoms with van der Waals surface area (Å²) in [5.74, 6) is 1.14. The summed E-state index contributed by atoms with van der Waals surface area (Å²) in [7, 11) is -0.761. The Hall–Kier alpha value is -2.56. The van der Waals surface area contributed by atoms with Crippen LogP contribution in [0.4, 0.5) is 0 Å². The van der Waals surface area contributed by atoms with E-state index in [1.165, 1.54) is 38.1 Å². The van der Waals surface area contributed by atoms with E-state index in [1.807, 2.05) is 4.57 Å². The molecule has 0 fully saturated rings. The molecule has 0 spiro atoms. The number of benzene rings is 2. The van der Waals surface area contributed by atoms with Crippen molar-refractivity contribution >= 4 is 38.6 Å². The quantitative estimate of drug-likeness (QED) is 0.362. The number of fused-ring (bicyclic) bond motifs is 1. The van der Waals surface area contributed by atoms with Gasteiger partial charge in [0.1, 0.15) is 0 Å². The standard InChI is InChI=1S/C21H25N3O5S2/c1-4-5-10-24-17-12-15(31(22,26)27)7-8-16(17)23-21(24)30-13-18(25)14-6-9-19(28-2)20(11-14)29-3/h6-9,11-12H,4-5,10,13H2,1-3H3,(H2,22,26,27). The van der Waals surface area contributed by atoms with Gasteiger partial charge in [-0.15, -0.1) is 0 Å². The number of hydrogen-bond donors (Lipinski definition) is 1. The molecule has 8 nitrogen and oxygen atoms in total. The van der Waals surface area contributed by atoms with E-state index in [2.05, 4.69) is 11.9 Å². The highest BCUT2D eigenvalue weighted by molar-refractivity contribution is 7.99. The molecule has 0 aliphatic rings. The van der Waals surface area contributed by atoms with Gasteiger partial charge in [0, 0.05) is 12.1 Å². The third-order valence-corrected chi connectivity index (χ3v) is 6.67. The average molecular weight is 464 g/mol. The summed E-state index contributed by atoms with van der Waals surface area (Å²) in [6.07, 6.45) is 1.85. The Bertz CT molecular complexity index is 1210. The molecule has 2 aromatic carbocycles. The molecule has 0 unspecified atom stereocenters. The monoisotopic (exact) mass is 463 g/mol. The predicted molar refractivity (Wildman–Crippen MR) is 121 cm³/mol. The summed E-state index contributed by atoms with van der Waals surface area (Å²) >= 11 is 1.31. The largest absolute Gasteiger partial charge is 0.493 e. The molecule has 0 aliphatic carbocycles. The van der Waals surface area contributed by atoms with Crippen LogP contribution in [0.15, 0.2) is 46.5 Å². The molecule has 3 rings (SSSR count). The van der Waals surface area contributed by atoms with Crippen molar-refractivity contribution in [2.45, 2.75) is 36.4 Å². The van der Waals surface area contributed by atoms with Crippen molar-refractivity contribution in [1.29, 1.82) is 0 Å². The molecule has 10 heteroatoms. The van der Waals surface area contributed by atoms with Gasteiger partial charge in [-0.2, -0.15) is 0 Å². The van der Waals surface area contributed by atoms with Crippen LogP contribution in [0, 0.1) is 0 Å². The predicted octanol–water partition coefficient (Wildman–Crippen LogP) is 3.48. The summed E-state index contributed by atoms with van der Waals surface area (Å²) in [4.78, 5) is 17.4. The first-order valence-electron chi connectivity index (χ1n) is 9.69.